The van der Waals surface area contributed by atoms with Gasteiger partial charge in [0.1, 0.15) is 11.4 Å². The zero-order valence-corrected chi connectivity index (χ0v) is 13.7. The second-order valence-corrected chi connectivity index (χ2v) is 5.48. The Morgan fingerprint density at radius 3 is 2.50 bits per heavy atom. The van der Waals surface area contributed by atoms with Crippen LogP contribution in [0.3, 0.4) is 0 Å². The van der Waals surface area contributed by atoms with Gasteiger partial charge in [-0.15, -0.1) is 5.10 Å². The number of methoxy groups -OCH3 is 1. The summed E-state index contributed by atoms with van der Waals surface area (Å²) >= 11 is 0. The zero-order valence-electron chi connectivity index (χ0n) is 13.7. The number of hydrogen-bond donors (Lipinski definition) is 1. The van der Waals surface area contributed by atoms with Gasteiger partial charge in [-0.2, -0.15) is 13.2 Å². The molecule has 0 unspecified atom stereocenters. The highest BCUT2D eigenvalue weighted by atomic mass is 19.4. The van der Waals surface area contributed by atoms with Crippen LogP contribution in [0.4, 0.5) is 13.2 Å². The van der Waals surface area contributed by atoms with E-state index in [0.717, 1.165) is 5.56 Å². The molecule has 2 heterocycles. The first-order valence-corrected chi connectivity index (χ1v) is 7.62. The van der Waals surface area contributed by atoms with Gasteiger partial charge in [0.2, 0.25) is 0 Å². The molecule has 0 amide bonds. The van der Waals surface area contributed by atoms with Crippen LogP contribution in [0.25, 0.3) is 11.3 Å². The molecule has 0 atom stereocenters. The molecular formula is C17H15F3N4O2. The van der Waals surface area contributed by atoms with Gasteiger partial charge in [0.15, 0.2) is 5.69 Å². The molecule has 0 saturated heterocycles. The van der Waals surface area contributed by atoms with Gasteiger partial charge in [-0.1, -0.05) is 17.3 Å². The van der Waals surface area contributed by atoms with E-state index in [0.29, 0.717) is 5.75 Å². The summed E-state index contributed by atoms with van der Waals surface area (Å²) in [5.74, 6) is 0.644. The highest BCUT2D eigenvalue weighted by Crippen LogP contribution is 2.35. The maximum absolute atomic E-state index is 13.4. The Morgan fingerprint density at radius 1 is 1.15 bits per heavy atom. The van der Waals surface area contributed by atoms with Crippen LogP contribution < -0.4 is 4.74 Å². The molecule has 0 aliphatic rings. The van der Waals surface area contributed by atoms with Crippen molar-refractivity contribution in [2.45, 2.75) is 19.3 Å². The van der Waals surface area contributed by atoms with Crippen LogP contribution in [0.1, 0.15) is 17.0 Å². The number of alkyl halides is 3. The van der Waals surface area contributed by atoms with E-state index in [1.54, 1.807) is 24.3 Å². The van der Waals surface area contributed by atoms with E-state index in [1.165, 1.54) is 30.1 Å². The molecular weight excluding hydrogens is 349 g/mol. The third kappa shape index (κ3) is 3.67. The molecule has 1 N–H and O–H groups in total. The third-order valence-corrected chi connectivity index (χ3v) is 3.75. The molecule has 26 heavy (non-hydrogen) atoms. The van der Waals surface area contributed by atoms with Gasteiger partial charge >= 0.3 is 6.18 Å². The Morgan fingerprint density at radius 2 is 1.88 bits per heavy atom. The molecule has 0 aliphatic carbocycles. The molecule has 0 spiro atoms. The summed E-state index contributed by atoms with van der Waals surface area (Å²) in [7, 11) is 1.53. The van der Waals surface area contributed by atoms with E-state index >= 15 is 0 Å². The minimum atomic E-state index is -4.66. The Labute approximate surface area is 146 Å². The Bertz CT molecular complexity index is 892. The number of pyridine rings is 1. The maximum atomic E-state index is 13.4. The molecule has 3 aromatic rings. The number of benzene rings is 1. The van der Waals surface area contributed by atoms with Crippen LogP contribution in [0.15, 0.2) is 42.6 Å². The summed E-state index contributed by atoms with van der Waals surface area (Å²) in [5, 5.41) is 16.2. The van der Waals surface area contributed by atoms with Gasteiger partial charge < -0.3 is 9.84 Å². The van der Waals surface area contributed by atoms with E-state index in [2.05, 4.69) is 15.3 Å². The van der Waals surface area contributed by atoms with Crippen LogP contribution in [0.2, 0.25) is 0 Å². The van der Waals surface area contributed by atoms with Crippen LogP contribution in [0, 0.1) is 0 Å². The number of rotatable bonds is 5. The summed E-state index contributed by atoms with van der Waals surface area (Å²) in [4.78, 5) is 3.90. The quantitative estimate of drug-likeness (QED) is 0.754. The van der Waals surface area contributed by atoms with Crippen molar-refractivity contribution in [3.63, 3.8) is 0 Å². The minimum absolute atomic E-state index is 0.0964. The lowest BCUT2D eigenvalue weighted by Gasteiger charge is -2.11. The van der Waals surface area contributed by atoms with Crippen LogP contribution in [-0.2, 0) is 19.3 Å². The van der Waals surface area contributed by atoms with Gasteiger partial charge in [0, 0.05) is 11.8 Å². The van der Waals surface area contributed by atoms with E-state index in [-0.39, 0.29) is 30.1 Å². The number of aromatic nitrogens is 4. The number of aliphatic hydroxyl groups is 1. The maximum Gasteiger partial charge on any atom is 0.437 e. The number of ether oxygens (including phenoxy) is 1. The fourth-order valence-corrected chi connectivity index (χ4v) is 2.52. The molecule has 136 valence electrons. The van der Waals surface area contributed by atoms with Crippen molar-refractivity contribution in [1.82, 2.24) is 20.0 Å². The van der Waals surface area contributed by atoms with Crippen molar-refractivity contribution in [3.05, 3.63) is 59.5 Å². The van der Waals surface area contributed by atoms with Gasteiger partial charge in [-0.05, 0) is 29.8 Å². The molecule has 0 aliphatic heterocycles. The Hall–Kier alpha value is -2.94. The molecule has 0 radical (unpaired) electrons. The smallest absolute Gasteiger partial charge is 0.437 e. The van der Waals surface area contributed by atoms with E-state index in [1.807, 2.05) is 0 Å². The second kappa shape index (κ2) is 7.12. The third-order valence-electron chi connectivity index (χ3n) is 3.75. The summed E-state index contributed by atoms with van der Waals surface area (Å²) in [6, 6.07) is 9.72. The minimum Gasteiger partial charge on any atom is -0.497 e. The lowest BCUT2D eigenvalue weighted by Crippen LogP contribution is -2.10. The largest absolute Gasteiger partial charge is 0.497 e. The number of aliphatic hydroxyl groups excluding tert-OH is 1. The van der Waals surface area contributed by atoms with E-state index in [4.69, 9.17) is 4.74 Å². The topological polar surface area (TPSA) is 73.1 Å². The predicted molar refractivity (Wildman–Crippen MR) is 86.3 cm³/mol. The summed E-state index contributed by atoms with van der Waals surface area (Å²) in [6.45, 7) is -0.283. The second-order valence-electron chi connectivity index (χ2n) is 5.48. The predicted octanol–water partition coefficient (Wildman–Crippen LogP) is 2.91. The standard InChI is InChI=1S/C17H15F3N4O2/c1-26-14-4-2-11(3-5-14)9-24-15(16(22-23-24)17(18,19)20)12-6-7-21-13(8-12)10-25/h2-8,25H,9-10H2,1H3. The average Bonchev–Trinajstić information content (AvgIpc) is 3.06. The fourth-order valence-electron chi connectivity index (χ4n) is 2.52. The Kier molecular flexibility index (Phi) is 4.90. The van der Waals surface area contributed by atoms with Crippen LogP contribution >= 0.6 is 0 Å². The molecule has 1 aromatic carbocycles. The first kappa shape index (κ1) is 17.9. The van der Waals surface area contributed by atoms with Gasteiger partial charge in [0.25, 0.3) is 0 Å². The highest BCUT2D eigenvalue weighted by Gasteiger charge is 2.39. The molecule has 9 heteroatoms. The normalized spacial score (nSPS) is 11.6. The number of nitrogens with zero attached hydrogens (tertiary/aromatic N) is 4. The fraction of sp³-hybridized carbons (Fsp3) is 0.235. The van der Waals surface area contributed by atoms with Crippen molar-refractivity contribution in [2.24, 2.45) is 0 Å². The SMILES string of the molecule is COc1ccc(Cn2nnc(C(F)(F)F)c2-c2ccnc(CO)c2)cc1. The van der Waals surface area contributed by atoms with Crippen molar-refractivity contribution in [1.29, 1.82) is 0 Å². The summed E-state index contributed by atoms with van der Waals surface area (Å²) < 4.78 is 46.4. The lowest BCUT2D eigenvalue weighted by atomic mass is 10.1. The molecule has 6 nitrogen and oxygen atoms in total. The first-order chi connectivity index (χ1) is 12.4. The molecule has 0 bridgehead atoms. The van der Waals surface area contributed by atoms with Gasteiger partial charge in [0.05, 0.1) is 26.0 Å². The van der Waals surface area contributed by atoms with Gasteiger partial charge in [-0.25, -0.2) is 4.68 Å². The van der Waals surface area contributed by atoms with Crippen molar-refractivity contribution >= 4 is 0 Å². The molecule has 0 fully saturated rings. The van der Waals surface area contributed by atoms with Crippen LogP contribution in [-0.4, -0.2) is 32.2 Å². The van der Waals surface area contributed by atoms with Crippen molar-refractivity contribution < 1.29 is 23.0 Å². The van der Waals surface area contributed by atoms with E-state index in [9.17, 15) is 18.3 Å². The first-order valence-electron chi connectivity index (χ1n) is 7.62. The van der Waals surface area contributed by atoms with Gasteiger partial charge in [-0.3, -0.25) is 4.98 Å². The van der Waals surface area contributed by atoms with E-state index < -0.39 is 11.9 Å². The Balaban J connectivity index is 2.06. The zero-order chi connectivity index (χ0) is 18.7. The molecule has 0 saturated carbocycles. The lowest BCUT2D eigenvalue weighted by molar-refractivity contribution is -0.140. The highest BCUT2D eigenvalue weighted by molar-refractivity contribution is 5.62. The summed E-state index contributed by atoms with van der Waals surface area (Å²) in [6.07, 6.45) is -3.32. The number of hydrogen-bond acceptors (Lipinski definition) is 5. The number of halogens is 3. The summed E-state index contributed by atoms with van der Waals surface area (Å²) in [5.41, 5.74) is -0.0312. The monoisotopic (exact) mass is 364 g/mol. The molecule has 2 aromatic heterocycles. The van der Waals surface area contributed by atoms with Crippen LogP contribution in [0.5, 0.6) is 5.75 Å². The average molecular weight is 364 g/mol. The van der Waals surface area contributed by atoms with Crippen molar-refractivity contribution in [2.75, 3.05) is 7.11 Å². The van der Waals surface area contributed by atoms with Crippen molar-refractivity contribution in [3.8, 4) is 17.0 Å². The molecule has 3 rings (SSSR count).